The van der Waals surface area contributed by atoms with Crippen LogP contribution in [0.5, 0.6) is 0 Å². The molecule has 0 atom stereocenters. The van der Waals surface area contributed by atoms with Crippen LogP contribution in [0.1, 0.15) is 39.5 Å². The Morgan fingerprint density at radius 3 is 2.00 bits per heavy atom. The van der Waals surface area contributed by atoms with Gasteiger partial charge in [0.1, 0.15) is 0 Å². The Labute approximate surface area is 89.5 Å². The van der Waals surface area contributed by atoms with Gasteiger partial charge >= 0.3 is 13.8 Å². The van der Waals surface area contributed by atoms with E-state index >= 15 is 0 Å². The van der Waals surface area contributed by atoms with Gasteiger partial charge in [-0.3, -0.25) is 4.79 Å². The van der Waals surface area contributed by atoms with Crippen molar-refractivity contribution in [3.05, 3.63) is 0 Å². The maximum Gasteiger partial charge on any atom is 0.466 e. The highest BCUT2D eigenvalue weighted by Crippen LogP contribution is 2.25. The second-order valence-corrected chi connectivity index (χ2v) is 3.80. The Hall–Kier alpha value is -0.420. The predicted octanol–water partition coefficient (Wildman–Crippen LogP) is 1.20. The highest BCUT2D eigenvalue weighted by atomic mass is 31.2. The van der Waals surface area contributed by atoms with Crippen LogP contribution in [0.2, 0.25) is 0 Å². The molecule has 0 aliphatic carbocycles. The number of esters is 1. The lowest BCUT2D eigenvalue weighted by molar-refractivity contribution is -0.143. The molecule has 92 valence electrons. The van der Waals surface area contributed by atoms with E-state index in [0.29, 0.717) is 13.0 Å². The fourth-order valence-electron chi connectivity index (χ4n) is 0.752. The van der Waals surface area contributed by atoms with Gasteiger partial charge in [-0.1, -0.05) is 19.8 Å². The van der Waals surface area contributed by atoms with Gasteiger partial charge in [0.25, 0.3) is 0 Å². The molecule has 0 fully saturated rings. The Balaban J connectivity index is 0. The molecule has 0 aromatic carbocycles. The summed E-state index contributed by atoms with van der Waals surface area (Å²) in [4.78, 5) is 32.3. The SMILES string of the molecule is CCCCCC(=O)OCC.O=P(O)(O)O. The average Bonchev–Trinajstić information content (AvgIpc) is 2.02. The molecule has 0 radical (unpaired) electrons. The van der Waals surface area contributed by atoms with Gasteiger partial charge in [-0.25, -0.2) is 4.57 Å². The van der Waals surface area contributed by atoms with Crippen LogP contribution in [-0.4, -0.2) is 27.3 Å². The molecule has 0 amide bonds. The van der Waals surface area contributed by atoms with Crippen LogP contribution in [0.15, 0.2) is 0 Å². The number of rotatable bonds is 5. The first kappa shape index (κ1) is 17.0. The largest absolute Gasteiger partial charge is 0.466 e. The summed E-state index contributed by atoms with van der Waals surface area (Å²) in [5.74, 6) is -0.0593. The van der Waals surface area contributed by atoms with Crippen molar-refractivity contribution in [2.45, 2.75) is 39.5 Å². The van der Waals surface area contributed by atoms with E-state index in [-0.39, 0.29) is 5.97 Å². The van der Waals surface area contributed by atoms with Gasteiger partial charge in [0.15, 0.2) is 0 Å². The first-order valence-electron chi connectivity index (χ1n) is 4.75. The van der Waals surface area contributed by atoms with Crippen molar-refractivity contribution in [1.29, 1.82) is 0 Å². The van der Waals surface area contributed by atoms with Crippen molar-refractivity contribution in [1.82, 2.24) is 0 Å². The molecule has 0 rings (SSSR count). The normalized spacial score (nSPS) is 10.2. The minimum atomic E-state index is -4.64. The monoisotopic (exact) mass is 242 g/mol. The molecule has 0 aliphatic heterocycles. The number of unbranched alkanes of at least 4 members (excludes halogenated alkanes) is 2. The van der Waals surface area contributed by atoms with Crippen molar-refractivity contribution in [3.63, 3.8) is 0 Å². The van der Waals surface area contributed by atoms with E-state index in [9.17, 15) is 4.79 Å². The molecule has 0 saturated heterocycles. The number of carbonyl (C=O) groups is 1. The zero-order valence-corrected chi connectivity index (χ0v) is 9.94. The number of hydrogen-bond acceptors (Lipinski definition) is 3. The molecule has 15 heavy (non-hydrogen) atoms. The van der Waals surface area contributed by atoms with Crippen LogP contribution in [0.4, 0.5) is 0 Å². The number of carbonyl (C=O) groups excluding carboxylic acids is 1. The second kappa shape index (κ2) is 10.1. The maximum absolute atomic E-state index is 10.7. The molecule has 6 nitrogen and oxygen atoms in total. The first-order valence-corrected chi connectivity index (χ1v) is 6.31. The van der Waals surface area contributed by atoms with Crippen LogP contribution < -0.4 is 0 Å². The van der Waals surface area contributed by atoms with Crippen LogP contribution >= 0.6 is 7.82 Å². The van der Waals surface area contributed by atoms with E-state index in [2.05, 4.69) is 6.92 Å². The summed E-state index contributed by atoms with van der Waals surface area (Å²) in [7, 11) is -4.64. The maximum atomic E-state index is 10.7. The molecular weight excluding hydrogens is 223 g/mol. The Bertz CT molecular complexity index is 191. The van der Waals surface area contributed by atoms with Gasteiger partial charge in [-0.15, -0.1) is 0 Å². The standard InChI is InChI=1S/C8H16O2.H3O4P/c1-3-5-6-7-8(9)10-4-2;1-5(2,3)4/h3-7H2,1-2H3;(H3,1,2,3,4). The van der Waals surface area contributed by atoms with Crippen LogP contribution in [0.25, 0.3) is 0 Å². The van der Waals surface area contributed by atoms with Crippen LogP contribution in [0, 0.1) is 0 Å². The van der Waals surface area contributed by atoms with Crippen molar-refractivity contribution in [2.24, 2.45) is 0 Å². The van der Waals surface area contributed by atoms with Gasteiger partial charge in [-0.2, -0.15) is 0 Å². The molecule has 3 N–H and O–H groups in total. The molecule has 0 aliphatic rings. The smallest absolute Gasteiger partial charge is 0.466 e. The van der Waals surface area contributed by atoms with Gasteiger partial charge in [0, 0.05) is 6.42 Å². The Morgan fingerprint density at radius 1 is 1.20 bits per heavy atom. The van der Waals surface area contributed by atoms with E-state index < -0.39 is 7.82 Å². The highest BCUT2D eigenvalue weighted by Gasteiger charge is 2.00. The van der Waals surface area contributed by atoms with Crippen LogP contribution in [0.3, 0.4) is 0 Å². The summed E-state index contributed by atoms with van der Waals surface area (Å²) in [6.07, 6.45) is 3.83. The summed E-state index contributed by atoms with van der Waals surface area (Å²) < 4.78 is 13.6. The minimum Gasteiger partial charge on any atom is -0.466 e. The zero-order valence-electron chi connectivity index (χ0n) is 9.05. The molecular formula is C8H19O6P. The average molecular weight is 242 g/mol. The van der Waals surface area contributed by atoms with Crippen molar-refractivity contribution in [2.75, 3.05) is 6.61 Å². The fraction of sp³-hybridized carbons (Fsp3) is 0.875. The van der Waals surface area contributed by atoms with E-state index in [4.69, 9.17) is 24.0 Å². The van der Waals surface area contributed by atoms with Gasteiger partial charge in [-0.05, 0) is 13.3 Å². The number of hydrogen-bond donors (Lipinski definition) is 3. The van der Waals surface area contributed by atoms with E-state index in [1.54, 1.807) is 0 Å². The third kappa shape index (κ3) is 31.7. The van der Waals surface area contributed by atoms with Gasteiger partial charge in [0.2, 0.25) is 0 Å². The molecule has 0 spiro atoms. The summed E-state index contributed by atoms with van der Waals surface area (Å²) in [6, 6.07) is 0. The van der Waals surface area contributed by atoms with Crippen molar-refractivity contribution in [3.8, 4) is 0 Å². The third-order valence-electron chi connectivity index (χ3n) is 1.29. The highest BCUT2D eigenvalue weighted by molar-refractivity contribution is 7.45. The molecule has 0 bridgehead atoms. The third-order valence-corrected chi connectivity index (χ3v) is 1.29. The molecule has 0 heterocycles. The number of phosphoric acid groups is 1. The molecule has 7 heteroatoms. The number of ether oxygens (including phenoxy) is 1. The lowest BCUT2D eigenvalue weighted by atomic mass is 10.2. The van der Waals surface area contributed by atoms with E-state index in [1.165, 1.54) is 0 Å². The van der Waals surface area contributed by atoms with Gasteiger partial charge < -0.3 is 19.4 Å². The summed E-state index contributed by atoms with van der Waals surface area (Å²) in [6.45, 7) is 4.45. The predicted molar refractivity (Wildman–Crippen MR) is 55.0 cm³/mol. The quantitative estimate of drug-likeness (QED) is 0.380. The summed E-state index contributed by atoms with van der Waals surface area (Å²) in [5.41, 5.74) is 0. The lowest BCUT2D eigenvalue weighted by Gasteiger charge is -1.99. The lowest BCUT2D eigenvalue weighted by Crippen LogP contribution is -2.02. The summed E-state index contributed by atoms with van der Waals surface area (Å²) in [5, 5.41) is 0. The topological polar surface area (TPSA) is 104 Å². The van der Waals surface area contributed by atoms with Gasteiger partial charge in [0.05, 0.1) is 6.61 Å². The van der Waals surface area contributed by atoms with E-state index in [0.717, 1.165) is 19.3 Å². The van der Waals surface area contributed by atoms with E-state index in [1.807, 2.05) is 6.92 Å². The van der Waals surface area contributed by atoms with Crippen molar-refractivity contribution < 1.29 is 28.8 Å². The zero-order chi connectivity index (χ0) is 12.3. The fourth-order valence-corrected chi connectivity index (χ4v) is 0.752. The molecule has 0 unspecified atom stereocenters. The minimum absolute atomic E-state index is 0.0593. The van der Waals surface area contributed by atoms with Crippen LogP contribution in [-0.2, 0) is 14.1 Å². The Kier molecular flexibility index (Phi) is 11.5. The Morgan fingerprint density at radius 2 is 1.67 bits per heavy atom. The van der Waals surface area contributed by atoms with Crippen molar-refractivity contribution >= 4 is 13.8 Å². The molecule has 0 saturated carbocycles. The summed E-state index contributed by atoms with van der Waals surface area (Å²) >= 11 is 0. The first-order chi connectivity index (χ1) is 6.81. The molecule has 0 aromatic heterocycles. The molecule has 0 aromatic rings. The second-order valence-electron chi connectivity index (χ2n) is 2.78.